The first-order valence-corrected chi connectivity index (χ1v) is 8.21. The lowest BCUT2D eigenvalue weighted by Crippen LogP contribution is -2.22. The van der Waals surface area contributed by atoms with E-state index in [2.05, 4.69) is 54.7 Å². The molecule has 1 N–H and O–H groups in total. The maximum atomic E-state index is 5.79. The first-order chi connectivity index (χ1) is 9.69. The predicted octanol–water partition coefficient (Wildman–Crippen LogP) is 3.85. The normalized spacial score (nSPS) is 11.2. The second kappa shape index (κ2) is 7.50. The number of hydrogen-bond donors (Lipinski definition) is 1. The van der Waals surface area contributed by atoms with Crippen LogP contribution in [-0.2, 0) is 6.42 Å². The van der Waals surface area contributed by atoms with Gasteiger partial charge in [-0.25, -0.2) is 4.98 Å². The van der Waals surface area contributed by atoms with Crippen molar-refractivity contribution in [2.75, 3.05) is 19.3 Å². The number of oxazole rings is 1. The molecule has 2 rings (SSSR count). The van der Waals surface area contributed by atoms with E-state index in [1.807, 2.05) is 6.20 Å². The van der Waals surface area contributed by atoms with Gasteiger partial charge in [0.05, 0.1) is 6.20 Å². The summed E-state index contributed by atoms with van der Waals surface area (Å²) in [7, 11) is 0. The van der Waals surface area contributed by atoms with Crippen LogP contribution in [0.3, 0.4) is 0 Å². The molecule has 0 bridgehead atoms. The summed E-state index contributed by atoms with van der Waals surface area (Å²) in [5, 5.41) is 3.39. The summed E-state index contributed by atoms with van der Waals surface area (Å²) in [5.74, 6) is 2.31. The van der Waals surface area contributed by atoms with Gasteiger partial charge in [-0.15, -0.1) is 11.8 Å². The Bertz CT molecular complexity index is 520. The Balaban J connectivity index is 1.90. The van der Waals surface area contributed by atoms with Crippen molar-refractivity contribution < 1.29 is 4.42 Å². The highest BCUT2D eigenvalue weighted by Crippen LogP contribution is 2.23. The average Bonchev–Trinajstić information content (AvgIpc) is 2.92. The van der Waals surface area contributed by atoms with Crippen LogP contribution in [0.1, 0.15) is 19.7 Å². The van der Waals surface area contributed by atoms with Crippen LogP contribution in [0.5, 0.6) is 0 Å². The third-order valence-corrected chi connectivity index (χ3v) is 3.74. The minimum absolute atomic E-state index is 0.671. The van der Waals surface area contributed by atoms with Gasteiger partial charge in [-0.1, -0.05) is 26.0 Å². The molecule has 20 heavy (non-hydrogen) atoms. The largest absolute Gasteiger partial charge is 0.441 e. The van der Waals surface area contributed by atoms with Crippen LogP contribution in [-0.4, -0.2) is 24.3 Å². The molecule has 1 aromatic carbocycles. The molecule has 0 aliphatic rings. The summed E-state index contributed by atoms with van der Waals surface area (Å²) in [5.41, 5.74) is 1.08. The first kappa shape index (κ1) is 15.1. The highest BCUT2D eigenvalue weighted by Gasteiger charge is 2.06. The second-order valence-corrected chi connectivity index (χ2v) is 6.07. The van der Waals surface area contributed by atoms with E-state index in [9.17, 15) is 0 Å². The zero-order valence-electron chi connectivity index (χ0n) is 12.3. The molecule has 0 amide bonds. The van der Waals surface area contributed by atoms with E-state index in [0.717, 1.165) is 36.7 Å². The van der Waals surface area contributed by atoms with Gasteiger partial charge in [0.25, 0.3) is 0 Å². The topological polar surface area (TPSA) is 38.1 Å². The minimum atomic E-state index is 0.671. The van der Waals surface area contributed by atoms with E-state index >= 15 is 0 Å². The third-order valence-electron chi connectivity index (χ3n) is 3.00. The van der Waals surface area contributed by atoms with Crippen LogP contribution in [0.25, 0.3) is 11.3 Å². The highest BCUT2D eigenvalue weighted by molar-refractivity contribution is 7.98. The maximum Gasteiger partial charge on any atom is 0.196 e. The fraction of sp³-hybridized carbons (Fsp3) is 0.438. The van der Waals surface area contributed by atoms with Crippen molar-refractivity contribution >= 4 is 11.8 Å². The zero-order chi connectivity index (χ0) is 14.4. The van der Waals surface area contributed by atoms with Crippen LogP contribution < -0.4 is 5.32 Å². The van der Waals surface area contributed by atoms with Gasteiger partial charge in [0.2, 0.25) is 0 Å². The van der Waals surface area contributed by atoms with Gasteiger partial charge in [-0.3, -0.25) is 0 Å². The van der Waals surface area contributed by atoms with Gasteiger partial charge in [0.15, 0.2) is 11.7 Å². The van der Waals surface area contributed by atoms with E-state index < -0.39 is 0 Å². The number of rotatable bonds is 7. The molecule has 0 saturated heterocycles. The van der Waals surface area contributed by atoms with Crippen molar-refractivity contribution in [3.8, 4) is 11.3 Å². The third kappa shape index (κ3) is 4.39. The maximum absolute atomic E-state index is 5.79. The molecule has 0 saturated carbocycles. The van der Waals surface area contributed by atoms with Crippen LogP contribution in [0.15, 0.2) is 39.8 Å². The molecule has 0 spiro atoms. The molecule has 0 aliphatic heterocycles. The lowest BCUT2D eigenvalue weighted by Gasteiger charge is -2.05. The average molecular weight is 290 g/mol. The quantitative estimate of drug-likeness (QED) is 0.621. The summed E-state index contributed by atoms with van der Waals surface area (Å²) < 4.78 is 5.79. The first-order valence-electron chi connectivity index (χ1n) is 6.99. The lowest BCUT2D eigenvalue weighted by atomic mass is 10.2. The van der Waals surface area contributed by atoms with Crippen molar-refractivity contribution in [3.05, 3.63) is 36.4 Å². The molecule has 3 nitrogen and oxygen atoms in total. The Kier molecular flexibility index (Phi) is 5.68. The van der Waals surface area contributed by atoms with Crippen molar-refractivity contribution in [1.82, 2.24) is 10.3 Å². The molecule has 0 aliphatic carbocycles. The van der Waals surface area contributed by atoms with E-state index in [-0.39, 0.29) is 0 Å². The smallest absolute Gasteiger partial charge is 0.196 e. The SMILES string of the molecule is CSc1ccc(-c2cnc(CCNCC(C)C)o2)cc1. The molecule has 2 aromatic rings. The fourth-order valence-corrected chi connectivity index (χ4v) is 2.31. The van der Waals surface area contributed by atoms with Gasteiger partial charge in [-0.05, 0) is 30.9 Å². The number of aromatic nitrogens is 1. The van der Waals surface area contributed by atoms with E-state index in [1.54, 1.807) is 11.8 Å². The van der Waals surface area contributed by atoms with Gasteiger partial charge in [-0.2, -0.15) is 0 Å². The molecule has 0 radical (unpaired) electrons. The van der Waals surface area contributed by atoms with Gasteiger partial charge >= 0.3 is 0 Å². The van der Waals surface area contributed by atoms with Crippen LogP contribution >= 0.6 is 11.8 Å². The van der Waals surface area contributed by atoms with Gasteiger partial charge in [0, 0.05) is 23.4 Å². The van der Waals surface area contributed by atoms with Gasteiger partial charge in [0.1, 0.15) is 0 Å². The lowest BCUT2D eigenvalue weighted by molar-refractivity contribution is 0.483. The summed E-state index contributed by atoms with van der Waals surface area (Å²) in [4.78, 5) is 5.60. The molecular formula is C16H22N2OS. The Labute approximate surface area is 125 Å². The molecule has 0 fully saturated rings. The zero-order valence-corrected chi connectivity index (χ0v) is 13.2. The molecule has 1 heterocycles. The number of nitrogens with one attached hydrogen (secondary N) is 1. The molecule has 1 aromatic heterocycles. The summed E-state index contributed by atoms with van der Waals surface area (Å²) in [6, 6.07) is 8.36. The van der Waals surface area contributed by atoms with E-state index in [0.29, 0.717) is 5.92 Å². The summed E-state index contributed by atoms with van der Waals surface area (Å²) in [6.45, 7) is 6.34. The van der Waals surface area contributed by atoms with Crippen molar-refractivity contribution in [2.24, 2.45) is 5.92 Å². The molecule has 0 unspecified atom stereocenters. The van der Waals surface area contributed by atoms with E-state index in [1.165, 1.54) is 4.90 Å². The van der Waals surface area contributed by atoms with Crippen molar-refractivity contribution in [2.45, 2.75) is 25.2 Å². The molecular weight excluding hydrogens is 268 g/mol. The van der Waals surface area contributed by atoms with Crippen LogP contribution in [0, 0.1) is 5.92 Å². The Morgan fingerprint density at radius 1 is 1.25 bits per heavy atom. The summed E-state index contributed by atoms with van der Waals surface area (Å²) in [6.07, 6.45) is 4.72. The Morgan fingerprint density at radius 3 is 2.65 bits per heavy atom. The standard InChI is InChI=1S/C16H22N2OS/c1-12(2)10-17-9-8-16-18-11-15(19-16)13-4-6-14(20-3)7-5-13/h4-7,11-12,17H,8-10H2,1-3H3. The molecule has 4 heteroatoms. The predicted molar refractivity (Wildman–Crippen MR) is 85.1 cm³/mol. The second-order valence-electron chi connectivity index (χ2n) is 5.19. The van der Waals surface area contributed by atoms with Crippen molar-refractivity contribution in [3.63, 3.8) is 0 Å². The molecule has 0 atom stereocenters. The number of thioether (sulfide) groups is 1. The fourth-order valence-electron chi connectivity index (χ4n) is 1.90. The highest BCUT2D eigenvalue weighted by atomic mass is 32.2. The molecule has 108 valence electrons. The number of benzene rings is 1. The van der Waals surface area contributed by atoms with Crippen LogP contribution in [0.4, 0.5) is 0 Å². The minimum Gasteiger partial charge on any atom is -0.441 e. The van der Waals surface area contributed by atoms with E-state index in [4.69, 9.17) is 4.42 Å². The van der Waals surface area contributed by atoms with Crippen molar-refractivity contribution in [1.29, 1.82) is 0 Å². The van der Waals surface area contributed by atoms with Gasteiger partial charge < -0.3 is 9.73 Å². The monoisotopic (exact) mass is 290 g/mol. The number of hydrogen-bond acceptors (Lipinski definition) is 4. The Morgan fingerprint density at radius 2 is 2.00 bits per heavy atom. The van der Waals surface area contributed by atoms with Crippen LogP contribution in [0.2, 0.25) is 0 Å². The number of nitrogens with zero attached hydrogens (tertiary/aromatic N) is 1. The summed E-state index contributed by atoms with van der Waals surface area (Å²) >= 11 is 1.74. The Hall–Kier alpha value is -1.26.